The Morgan fingerprint density at radius 1 is 1.33 bits per heavy atom. The Bertz CT molecular complexity index is 266. The van der Waals surface area contributed by atoms with E-state index in [0.717, 1.165) is 31.0 Å². The summed E-state index contributed by atoms with van der Waals surface area (Å²) in [6.45, 7) is 1.75. The number of rotatable bonds is 2. The molecule has 0 aliphatic carbocycles. The summed E-state index contributed by atoms with van der Waals surface area (Å²) in [5.74, 6) is 2.21. The number of fused-ring (bicyclic) bond motifs is 1. The molecule has 0 amide bonds. The molecule has 2 heterocycles. The minimum atomic E-state index is 0.665. The molecule has 4 heteroatoms. The summed E-state index contributed by atoms with van der Waals surface area (Å²) in [6, 6.07) is 0. The van der Waals surface area contributed by atoms with Gasteiger partial charge >= 0.3 is 0 Å². The van der Waals surface area contributed by atoms with Gasteiger partial charge in [-0.25, -0.2) is 0 Å². The summed E-state index contributed by atoms with van der Waals surface area (Å²) in [5, 5.41) is 8.25. The van der Waals surface area contributed by atoms with Crippen LogP contribution in [0.2, 0.25) is 0 Å². The maximum absolute atomic E-state index is 5.47. The molecular formula is C8H14N4. The van der Waals surface area contributed by atoms with Gasteiger partial charge in [-0.1, -0.05) is 0 Å². The van der Waals surface area contributed by atoms with Crippen molar-refractivity contribution in [2.24, 2.45) is 5.73 Å². The summed E-state index contributed by atoms with van der Waals surface area (Å²) in [7, 11) is 0. The van der Waals surface area contributed by atoms with Gasteiger partial charge in [0.05, 0.1) is 0 Å². The quantitative estimate of drug-likeness (QED) is 0.678. The van der Waals surface area contributed by atoms with Crippen LogP contribution in [-0.4, -0.2) is 21.3 Å². The number of hydrogen-bond donors (Lipinski definition) is 1. The SMILES string of the molecule is NCCc1nnc2n1CCCC2. The van der Waals surface area contributed by atoms with Crippen molar-refractivity contribution in [3.05, 3.63) is 11.6 Å². The molecule has 4 nitrogen and oxygen atoms in total. The molecule has 66 valence electrons. The number of nitrogens with two attached hydrogens (primary N) is 1. The van der Waals surface area contributed by atoms with E-state index in [9.17, 15) is 0 Å². The van der Waals surface area contributed by atoms with Crippen molar-refractivity contribution in [1.82, 2.24) is 14.8 Å². The van der Waals surface area contributed by atoms with Gasteiger partial charge in [0.1, 0.15) is 11.6 Å². The molecule has 0 unspecified atom stereocenters. The average molecular weight is 166 g/mol. The minimum absolute atomic E-state index is 0.665. The second-order valence-electron chi connectivity index (χ2n) is 3.18. The fraction of sp³-hybridized carbons (Fsp3) is 0.750. The van der Waals surface area contributed by atoms with E-state index in [1.54, 1.807) is 0 Å². The van der Waals surface area contributed by atoms with Crippen LogP contribution < -0.4 is 5.73 Å². The maximum Gasteiger partial charge on any atom is 0.134 e. The van der Waals surface area contributed by atoms with E-state index in [1.807, 2.05) is 0 Å². The van der Waals surface area contributed by atoms with Crippen molar-refractivity contribution >= 4 is 0 Å². The third-order valence-electron chi connectivity index (χ3n) is 2.30. The molecule has 0 atom stereocenters. The molecule has 12 heavy (non-hydrogen) atoms. The van der Waals surface area contributed by atoms with E-state index in [2.05, 4.69) is 14.8 Å². The molecule has 0 saturated carbocycles. The fourth-order valence-electron chi connectivity index (χ4n) is 1.68. The van der Waals surface area contributed by atoms with Gasteiger partial charge in [0.2, 0.25) is 0 Å². The average Bonchev–Trinajstić information content (AvgIpc) is 2.50. The molecule has 0 radical (unpaired) electrons. The molecule has 0 spiro atoms. The second kappa shape index (κ2) is 3.23. The zero-order valence-corrected chi connectivity index (χ0v) is 7.16. The van der Waals surface area contributed by atoms with Crippen LogP contribution in [0.15, 0.2) is 0 Å². The standard InChI is InChI=1S/C8H14N4/c9-5-4-8-11-10-7-3-1-2-6-12(7)8/h1-6,9H2. The molecule has 1 aromatic rings. The predicted molar refractivity (Wildman–Crippen MR) is 45.7 cm³/mol. The molecule has 0 fully saturated rings. The minimum Gasteiger partial charge on any atom is -0.330 e. The lowest BCUT2D eigenvalue weighted by molar-refractivity contribution is 0.507. The van der Waals surface area contributed by atoms with Gasteiger partial charge in [-0.3, -0.25) is 0 Å². The van der Waals surface area contributed by atoms with Crippen LogP contribution in [-0.2, 0) is 19.4 Å². The Morgan fingerprint density at radius 2 is 2.25 bits per heavy atom. The first-order valence-corrected chi connectivity index (χ1v) is 4.53. The van der Waals surface area contributed by atoms with Gasteiger partial charge in [0.25, 0.3) is 0 Å². The first kappa shape index (κ1) is 7.73. The smallest absolute Gasteiger partial charge is 0.134 e. The molecule has 0 aromatic carbocycles. The maximum atomic E-state index is 5.47. The van der Waals surface area contributed by atoms with E-state index >= 15 is 0 Å². The fourth-order valence-corrected chi connectivity index (χ4v) is 1.68. The lowest BCUT2D eigenvalue weighted by Crippen LogP contribution is -2.15. The van der Waals surface area contributed by atoms with Crippen LogP contribution in [0.1, 0.15) is 24.5 Å². The molecule has 1 aliphatic heterocycles. The van der Waals surface area contributed by atoms with Crippen molar-refractivity contribution in [1.29, 1.82) is 0 Å². The first-order valence-electron chi connectivity index (χ1n) is 4.53. The zero-order valence-electron chi connectivity index (χ0n) is 7.16. The largest absolute Gasteiger partial charge is 0.330 e. The van der Waals surface area contributed by atoms with Gasteiger partial charge in [0, 0.05) is 19.4 Å². The molecule has 0 saturated heterocycles. The third kappa shape index (κ3) is 1.22. The Hall–Kier alpha value is -0.900. The van der Waals surface area contributed by atoms with E-state index in [1.165, 1.54) is 12.8 Å². The number of aromatic nitrogens is 3. The highest BCUT2D eigenvalue weighted by Crippen LogP contribution is 2.13. The van der Waals surface area contributed by atoms with E-state index < -0.39 is 0 Å². The van der Waals surface area contributed by atoms with Gasteiger partial charge in [-0.15, -0.1) is 10.2 Å². The number of aryl methyl sites for hydroxylation is 1. The van der Waals surface area contributed by atoms with Gasteiger partial charge in [0.15, 0.2) is 0 Å². The summed E-state index contributed by atoms with van der Waals surface area (Å²) < 4.78 is 2.22. The van der Waals surface area contributed by atoms with Crippen molar-refractivity contribution in [2.45, 2.75) is 32.2 Å². The molecular weight excluding hydrogens is 152 g/mol. The summed E-state index contributed by atoms with van der Waals surface area (Å²) >= 11 is 0. The summed E-state index contributed by atoms with van der Waals surface area (Å²) in [4.78, 5) is 0. The summed E-state index contributed by atoms with van der Waals surface area (Å²) in [6.07, 6.45) is 4.44. The van der Waals surface area contributed by atoms with Crippen LogP contribution in [0.4, 0.5) is 0 Å². The Labute approximate surface area is 71.8 Å². The first-order chi connectivity index (χ1) is 5.92. The van der Waals surface area contributed by atoms with Crippen LogP contribution >= 0.6 is 0 Å². The lowest BCUT2D eigenvalue weighted by Gasteiger charge is -2.13. The highest BCUT2D eigenvalue weighted by atomic mass is 15.3. The molecule has 2 N–H and O–H groups in total. The predicted octanol–water partition coefficient (Wildman–Crippen LogP) is 0.116. The molecule has 0 bridgehead atoms. The third-order valence-corrected chi connectivity index (χ3v) is 2.30. The van der Waals surface area contributed by atoms with Crippen LogP contribution in [0, 0.1) is 0 Å². The number of nitrogens with zero attached hydrogens (tertiary/aromatic N) is 3. The highest BCUT2D eigenvalue weighted by molar-refractivity contribution is 4.98. The zero-order chi connectivity index (χ0) is 8.39. The van der Waals surface area contributed by atoms with Crippen LogP contribution in [0.3, 0.4) is 0 Å². The van der Waals surface area contributed by atoms with E-state index in [0.29, 0.717) is 6.54 Å². The summed E-state index contributed by atoms with van der Waals surface area (Å²) in [5.41, 5.74) is 5.47. The van der Waals surface area contributed by atoms with Crippen LogP contribution in [0.5, 0.6) is 0 Å². The van der Waals surface area contributed by atoms with Gasteiger partial charge < -0.3 is 10.3 Å². The highest BCUT2D eigenvalue weighted by Gasteiger charge is 2.14. The van der Waals surface area contributed by atoms with Gasteiger partial charge in [-0.05, 0) is 19.4 Å². The normalized spacial score (nSPS) is 16.1. The monoisotopic (exact) mass is 166 g/mol. The van der Waals surface area contributed by atoms with Crippen molar-refractivity contribution in [3.63, 3.8) is 0 Å². The van der Waals surface area contributed by atoms with Crippen LogP contribution in [0.25, 0.3) is 0 Å². The molecule has 1 aliphatic rings. The van der Waals surface area contributed by atoms with E-state index in [4.69, 9.17) is 5.73 Å². The number of hydrogen-bond acceptors (Lipinski definition) is 3. The second-order valence-corrected chi connectivity index (χ2v) is 3.18. The van der Waals surface area contributed by atoms with Crippen molar-refractivity contribution in [3.8, 4) is 0 Å². The van der Waals surface area contributed by atoms with Crippen molar-refractivity contribution < 1.29 is 0 Å². The Kier molecular flexibility index (Phi) is 2.08. The van der Waals surface area contributed by atoms with Crippen molar-refractivity contribution in [2.75, 3.05) is 6.54 Å². The lowest BCUT2D eigenvalue weighted by atomic mass is 10.1. The Morgan fingerprint density at radius 3 is 3.08 bits per heavy atom. The topological polar surface area (TPSA) is 56.7 Å². The Balaban J connectivity index is 2.25. The van der Waals surface area contributed by atoms with E-state index in [-0.39, 0.29) is 0 Å². The molecule has 2 rings (SSSR count). The van der Waals surface area contributed by atoms with Gasteiger partial charge in [-0.2, -0.15) is 0 Å². The molecule has 1 aromatic heterocycles.